The van der Waals surface area contributed by atoms with Crippen molar-refractivity contribution < 1.29 is 23.6 Å². The molecule has 6 nitrogen and oxygen atoms in total. The first-order valence-corrected chi connectivity index (χ1v) is 4.73. The third-order valence-corrected chi connectivity index (χ3v) is 1.97. The molecular formula is C10H13NO5. The number of rotatable bonds is 6. The van der Waals surface area contributed by atoms with Crippen molar-refractivity contribution in [3.8, 4) is 5.88 Å². The van der Waals surface area contributed by atoms with E-state index in [-0.39, 0.29) is 18.6 Å². The second kappa shape index (κ2) is 5.89. The summed E-state index contributed by atoms with van der Waals surface area (Å²) >= 11 is 0. The van der Waals surface area contributed by atoms with Crippen LogP contribution < -0.4 is 4.74 Å². The number of ketones is 1. The fourth-order valence-electron chi connectivity index (χ4n) is 1.09. The maximum Gasteiger partial charge on any atom is 0.313 e. The Kier molecular flexibility index (Phi) is 4.50. The van der Waals surface area contributed by atoms with Crippen molar-refractivity contribution in [2.45, 2.75) is 19.3 Å². The smallest absolute Gasteiger partial charge is 0.313 e. The third-order valence-electron chi connectivity index (χ3n) is 1.97. The maximum absolute atomic E-state index is 11.3. The van der Waals surface area contributed by atoms with Gasteiger partial charge in [-0.25, -0.2) is 0 Å². The molecule has 0 N–H and O–H groups in total. The minimum Gasteiger partial charge on any atom is -0.479 e. The summed E-state index contributed by atoms with van der Waals surface area (Å²) in [5.74, 6) is 0.202. The molecule has 0 saturated carbocycles. The van der Waals surface area contributed by atoms with Crippen molar-refractivity contribution in [2.24, 2.45) is 0 Å². The van der Waals surface area contributed by atoms with Gasteiger partial charge in [-0.3, -0.25) is 9.59 Å². The zero-order valence-corrected chi connectivity index (χ0v) is 9.19. The normalized spacial score (nSPS) is 9.88. The molecule has 0 radical (unpaired) electrons. The van der Waals surface area contributed by atoms with Gasteiger partial charge in [0.05, 0.1) is 14.2 Å². The summed E-state index contributed by atoms with van der Waals surface area (Å²) in [5, 5.41) is 3.59. The molecule has 0 aliphatic rings. The molecule has 0 bridgehead atoms. The number of hydrogen-bond donors (Lipinski definition) is 0. The number of aromatic nitrogens is 1. The number of Topliss-reactive ketones (excluding diaryl/α,β-unsaturated/α-hetero) is 1. The maximum atomic E-state index is 11.3. The predicted molar refractivity (Wildman–Crippen MR) is 53.0 cm³/mol. The zero-order chi connectivity index (χ0) is 12.0. The molecule has 6 heteroatoms. The van der Waals surface area contributed by atoms with E-state index in [9.17, 15) is 9.59 Å². The molecular weight excluding hydrogens is 214 g/mol. The molecule has 0 unspecified atom stereocenters. The van der Waals surface area contributed by atoms with E-state index in [1.165, 1.54) is 14.2 Å². The topological polar surface area (TPSA) is 78.6 Å². The van der Waals surface area contributed by atoms with Gasteiger partial charge in [0.25, 0.3) is 5.88 Å². The lowest BCUT2D eigenvalue weighted by Crippen LogP contribution is -2.09. The summed E-state index contributed by atoms with van der Waals surface area (Å²) < 4.78 is 14.1. The summed E-state index contributed by atoms with van der Waals surface area (Å²) in [6.07, 6.45) is 0.404. The second-order valence-electron chi connectivity index (χ2n) is 3.13. The molecule has 0 aliphatic heterocycles. The highest BCUT2D eigenvalue weighted by atomic mass is 16.5. The first kappa shape index (κ1) is 12.2. The predicted octanol–water partition coefficient (Wildman–Crippen LogP) is 0.748. The third kappa shape index (κ3) is 3.72. The standard InChI is InChI=1S/C10H13NO5/c1-14-9-6-8(16-11-9)4-3-7(12)5-10(13)15-2/h6H,3-5H2,1-2H3. The van der Waals surface area contributed by atoms with E-state index in [1.54, 1.807) is 6.07 Å². The van der Waals surface area contributed by atoms with Gasteiger partial charge >= 0.3 is 5.97 Å². The van der Waals surface area contributed by atoms with Crippen LogP contribution in [0.3, 0.4) is 0 Å². The van der Waals surface area contributed by atoms with Crippen molar-refractivity contribution in [3.63, 3.8) is 0 Å². The van der Waals surface area contributed by atoms with Crippen LogP contribution in [0.25, 0.3) is 0 Å². The van der Waals surface area contributed by atoms with E-state index in [4.69, 9.17) is 9.26 Å². The van der Waals surface area contributed by atoms with Crippen LogP contribution in [0.1, 0.15) is 18.6 Å². The van der Waals surface area contributed by atoms with Crippen LogP contribution in [-0.2, 0) is 20.7 Å². The van der Waals surface area contributed by atoms with Gasteiger partial charge in [0, 0.05) is 18.9 Å². The van der Waals surface area contributed by atoms with Crippen molar-refractivity contribution in [2.75, 3.05) is 14.2 Å². The van der Waals surface area contributed by atoms with Crippen LogP contribution in [0.4, 0.5) is 0 Å². The Morgan fingerprint density at radius 2 is 2.19 bits per heavy atom. The van der Waals surface area contributed by atoms with Crippen molar-refractivity contribution in [3.05, 3.63) is 11.8 Å². The summed E-state index contributed by atoms with van der Waals surface area (Å²) in [4.78, 5) is 22.1. The van der Waals surface area contributed by atoms with E-state index in [1.807, 2.05) is 0 Å². The van der Waals surface area contributed by atoms with E-state index in [2.05, 4.69) is 9.89 Å². The van der Waals surface area contributed by atoms with Gasteiger partial charge in [-0.2, -0.15) is 0 Å². The molecule has 0 amide bonds. The lowest BCUT2D eigenvalue weighted by Gasteiger charge is -1.97. The molecule has 0 fully saturated rings. The number of hydrogen-bond acceptors (Lipinski definition) is 6. The number of carbonyl (C=O) groups is 2. The number of ether oxygens (including phenoxy) is 2. The molecule has 0 aliphatic carbocycles. The average Bonchev–Trinajstić information content (AvgIpc) is 2.74. The van der Waals surface area contributed by atoms with Crippen LogP contribution in [0, 0.1) is 0 Å². The Hall–Kier alpha value is -1.85. The first-order chi connectivity index (χ1) is 7.65. The summed E-state index contributed by atoms with van der Waals surface area (Å²) in [6, 6.07) is 1.60. The molecule has 16 heavy (non-hydrogen) atoms. The van der Waals surface area contributed by atoms with Crippen LogP contribution in [-0.4, -0.2) is 31.1 Å². The number of methoxy groups -OCH3 is 2. The van der Waals surface area contributed by atoms with E-state index >= 15 is 0 Å². The number of carbonyl (C=O) groups excluding carboxylic acids is 2. The van der Waals surface area contributed by atoms with E-state index < -0.39 is 5.97 Å². The molecule has 0 aromatic carbocycles. The van der Waals surface area contributed by atoms with Crippen LogP contribution >= 0.6 is 0 Å². The Labute approximate surface area is 92.5 Å². The summed E-state index contributed by atoms with van der Waals surface area (Å²) in [6.45, 7) is 0. The van der Waals surface area contributed by atoms with Gasteiger partial charge in [0.2, 0.25) is 0 Å². The minimum atomic E-state index is -0.528. The number of aryl methyl sites for hydroxylation is 1. The quantitative estimate of drug-likeness (QED) is 0.527. The van der Waals surface area contributed by atoms with Crippen molar-refractivity contribution >= 4 is 11.8 Å². The van der Waals surface area contributed by atoms with Crippen LogP contribution in [0.15, 0.2) is 10.6 Å². The Bertz CT molecular complexity index is 371. The van der Waals surface area contributed by atoms with Gasteiger partial charge in [-0.05, 0) is 5.16 Å². The molecule has 0 saturated heterocycles. The lowest BCUT2D eigenvalue weighted by molar-refractivity contribution is -0.143. The highest BCUT2D eigenvalue weighted by Crippen LogP contribution is 2.12. The zero-order valence-electron chi connectivity index (χ0n) is 9.19. The molecule has 88 valence electrons. The minimum absolute atomic E-state index is 0.192. The molecule has 0 atom stereocenters. The van der Waals surface area contributed by atoms with Crippen molar-refractivity contribution in [1.29, 1.82) is 0 Å². The van der Waals surface area contributed by atoms with E-state index in [0.29, 0.717) is 18.1 Å². The summed E-state index contributed by atoms with van der Waals surface area (Å²) in [7, 11) is 2.72. The SMILES string of the molecule is COC(=O)CC(=O)CCc1cc(OC)no1. The van der Waals surface area contributed by atoms with Gasteiger partial charge in [-0.1, -0.05) is 0 Å². The first-order valence-electron chi connectivity index (χ1n) is 4.73. The van der Waals surface area contributed by atoms with E-state index in [0.717, 1.165) is 0 Å². The van der Waals surface area contributed by atoms with Crippen molar-refractivity contribution in [1.82, 2.24) is 5.16 Å². The number of nitrogens with zero attached hydrogens (tertiary/aromatic N) is 1. The molecule has 1 aromatic rings. The average molecular weight is 227 g/mol. The van der Waals surface area contributed by atoms with Gasteiger partial charge < -0.3 is 14.0 Å². The Balaban J connectivity index is 2.34. The van der Waals surface area contributed by atoms with Gasteiger partial charge in [-0.15, -0.1) is 0 Å². The largest absolute Gasteiger partial charge is 0.479 e. The lowest BCUT2D eigenvalue weighted by atomic mass is 10.1. The van der Waals surface area contributed by atoms with Crippen LogP contribution in [0.5, 0.6) is 5.88 Å². The molecule has 1 aromatic heterocycles. The monoisotopic (exact) mass is 227 g/mol. The summed E-state index contributed by atoms with van der Waals surface area (Å²) in [5.41, 5.74) is 0. The van der Waals surface area contributed by atoms with Gasteiger partial charge in [0.1, 0.15) is 18.0 Å². The van der Waals surface area contributed by atoms with Gasteiger partial charge in [0.15, 0.2) is 0 Å². The van der Waals surface area contributed by atoms with Crippen LogP contribution in [0.2, 0.25) is 0 Å². The fraction of sp³-hybridized carbons (Fsp3) is 0.500. The Morgan fingerprint density at radius 1 is 1.44 bits per heavy atom. The highest BCUT2D eigenvalue weighted by Gasteiger charge is 2.11. The fourth-order valence-corrected chi connectivity index (χ4v) is 1.09. The Morgan fingerprint density at radius 3 is 2.75 bits per heavy atom. The molecule has 0 spiro atoms. The molecule has 1 rings (SSSR count). The second-order valence-corrected chi connectivity index (χ2v) is 3.13. The highest BCUT2D eigenvalue weighted by molar-refractivity contribution is 5.95. The number of esters is 1. The molecule has 1 heterocycles.